The second-order valence-corrected chi connectivity index (χ2v) is 13.1. The van der Waals surface area contributed by atoms with Gasteiger partial charge < -0.3 is 29.1 Å². The molecular weight excluding hydrogens is 620 g/mol. The topological polar surface area (TPSA) is 64.3 Å². The van der Waals surface area contributed by atoms with E-state index in [1.807, 2.05) is 0 Å². The Hall–Kier alpha value is -5.24. The van der Waals surface area contributed by atoms with Crippen LogP contribution >= 0.6 is 0 Å². The van der Waals surface area contributed by atoms with Crippen LogP contribution in [-0.2, 0) is 20.6 Å². The average molecular weight is 659 g/mol. The summed E-state index contributed by atoms with van der Waals surface area (Å²) in [4.78, 5) is 4.57. The molecule has 6 aromatic rings. The van der Waals surface area contributed by atoms with Gasteiger partial charge in [0.25, 0.3) is 0 Å². The van der Waals surface area contributed by atoms with E-state index in [0.717, 1.165) is 70.6 Å². The Kier molecular flexibility index (Phi) is 8.15. The lowest BCUT2D eigenvalue weighted by Crippen LogP contribution is -2.10. The molecule has 0 saturated carbocycles. The van der Waals surface area contributed by atoms with Crippen LogP contribution in [0, 0.1) is 0 Å². The first-order valence-electron chi connectivity index (χ1n) is 17.4. The van der Waals surface area contributed by atoms with Gasteiger partial charge in [-0.3, -0.25) is 0 Å². The number of ether oxygens (including phenoxy) is 3. The first-order valence-corrected chi connectivity index (χ1v) is 17.4. The largest absolute Gasteiger partial charge is 0.396 e. The predicted octanol–water partition coefficient (Wildman–Crippen LogP) is 10.0. The second-order valence-electron chi connectivity index (χ2n) is 13.1. The van der Waals surface area contributed by atoms with Crippen LogP contribution < -0.4 is 9.80 Å². The number of hydrogen-bond donors (Lipinski definition) is 1. The van der Waals surface area contributed by atoms with Crippen molar-refractivity contribution in [2.24, 2.45) is 0 Å². The SMILES string of the molecule is OCCc1ccc(N(c2ccc(-c3ccc(N(c4ccc(C5CO5)cc4)c4ccc(C5CO5)cc4)cc3)cc2)c2ccc(C3CO3)cc2)cc1. The van der Waals surface area contributed by atoms with Crippen molar-refractivity contribution in [1.29, 1.82) is 0 Å². The molecule has 3 fully saturated rings. The summed E-state index contributed by atoms with van der Waals surface area (Å²) < 4.78 is 16.5. The van der Waals surface area contributed by atoms with Crippen LogP contribution in [0.25, 0.3) is 11.1 Å². The van der Waals surface area contributed by atoms with E-state index in [1.54, 1.807) is 0 Å². The Labute approximate surface area is 292 Å². The molecule has 3 atom stereocenters. The Morgan fingerprint density at radius 1 is 0.400 bits per heavy atom. The molecule has 3 heterocycles. The number of benzene rings is 6. The minimum atomic E-state index is 0.140. The maximum Gasteiger partial charge on any atom is 0.106 e. The number of hydrogen-bond acceptors (Lipinski definition) is 6. The average Bonchev–Trinajstić information content (AvgIpc) is 4.01. The minimum absolute atomic E-state index is 0.140. The second kappa shape index (κ2) is 13.2. The van der Waals surface area contributed by atoms with Crippen molar-refractivity contribution >= 4 is 34.1 Å². The van der Waals surface area contributed by atoms with Gasteiger partial charge in [-0.15, -0.1) is 0 Å². The molecule has 3 aliphatic rings. The molecule has 0 aromatic heterocycles. The first-order chi connectivity index (χ1) is 24.7. The monoisotopic (exact) mass is 658 g/mol. The normalized spacial score (nSPS) is 18.8. The molecule has 0 radical (unpaired) electrons. The van der Waals surface area contributed by atoms with E-state index in [9.17, 15) is 5.11 Å². The molecule has 0 aliphatic carbocycles. The van der Waals surface area contributed by atoms with Crippen LogP contribution in [0.3, 0.4) is 0 Å². The van der Waals surface area contributed by atoms with Gasteiger partial charge in [0, 0.05) is 40.7 Å². The van der Waals surface area contributed by atoms with Crippen molar-refractivity contribution in [2.75, 3.05) is 36.2 Å². The van der Waals surface area contributed by atoms with Gasteiger partial charge in [0.05, 0.1) is 19.8 Å². The van der Waals surface area contributed by atoms with E-state index < -0.39 is 0 Å². The van der Waals surface area contributed by atoms with Crippen LogP contribution in [0.5, 0.6) is 0 Å². The molecule has 6 aromatic carbocycles. The lowest BCUT2D eigenvalue weighted by molar-refractivity contribution is 0.299. The van der Waals surface area contributed by atoms with E-state index in [1.165, 1.54) is 16.7 Å². The summed E-state index contributed by atoms with van der Waals surface area (Å²) in [6.45, 7) is 2.54. The van der Waals surface area contributed by atoms with Crippen molar-refractivity contribution in [3.63, 3.8) is 0 Å². The van der Waals surface area contributed by atoms with Crippen molar-refractivity contribution < 1.29 is 19.3 Å². The van der Waals surface area contributed by atoms with Gasteiger partial charge in [-0.05, 0) is 113 Å². The lowest BCUT2D eigenvalue weighted by Gasteiger charge is -2.26. The number of nitrogens with zero attached hydrogens (tertiary/aromatic N) is 2. The zero-order valence-corrected chi connectivity index (χ0v) is 27.7. The van der Waals surface area contributed by atoms with E-state index >= 15 is 0 Å². The van der Waals surface area contributed by atoms with E-state index in [0.29, 0.717) is 6.42 Å². The zero-order chi connectivity index (χ0) is 33.4. The highest BCUT2D eigenvalue weighted by Gasteiger charge is 2.27. The summed E-state index contributed by atoms with van der Waals surface area (Å²) in [7, 11) is 0. The summed E-state index contributed by atoms with van der Waals surface area (Å²) in [5.41, 5.74) is 13.6. The number of aliphatic hydroxyl groups excluding tert-OH is 1. The standard InChI is InChI=1S/C44H38N2O4/c47-26-25-30-1-13-36(14-2-30)45(39-19-7-33(8-20-39)42-27-48-42)37-15-3-31(4-16-37)32-5-17-38(18-6-32)46(40-21-9-34(10-22-40)43-28-49-43)41-23-11-35(12-24-41)44-29-50-44/h1-24,42-44,47H,25-29H2. The van der Waals surface area contributed by atoms with Gasteiger partial charge in [0.2, 0.25) is 0 Å². The highest BCUT2D eigenvalue weighted by atomic mass is 16.6. The van der Waals surface area contributed by atoms with Crippen LogP contribution in [0.1, 0.15) is 40.6 Å². The van der Waals surface area contributed by atoms with Crippen molar-refractivity contribution in [2.45, 2.75) is 24.7 Å². The van der Waals surface area contributed by atoms with Gasteiger partial charge in [-0.2, -0.15) is 0 Å². The third kappa shape index (κ3) is 6.54. The fraction of sp³-hybridized carbons (Fsp3) is 0.182. The molecule has 0 spiro atoms. The molecule has 0 amide bonds. The van der Waals surface area contributed by atoms with Crippen molar-refractivity contribution in [3.8, 4) is 11.1 Å². The number of aliphatic hydroxyl groups is 1. The Balaban J connectivity index is 1.00. The molecule has 0 bridgehead atoms. The Morgan fingerprint density at radius 3 is 0.920 bits per heavy atom. The van der Waals surface area contributed by atoms with Crippen molar-refractivity contribution in [1.82, 2.24) is 0 Å². The zero-order valence-electron chi connectivity index (χ0n) is 27.7. The third-order valence-corrected chi connectivity index (χ3v) is 9.75. The summed E-state index contributed by atoms with van der Waals surface area (Å²) in [5, 5.41) is 9.42. The summed E-state index contributed by atoms with van der Waals surface area (Å²) in [5.74, 6) is 0. The van der Waals surface area contributed by atoms with Crippen LogP contribution in [0.4, 0.5) is 34.1 Å². The Morgan fingerprint density at radius 2 is 0.660 bits per heavy atom. The minimum Gasteiger partial charge on any atom is -0.396 e. The number of anilines is 6. The quantitative estimate of drug-likeness (QED) is 0.132. The predicted molar refractivity (Wildman–Crippen MR) is 198 cm³/mol. The summed E-state index contributed by atoms with van der Waals surface area (Å²) in [6, 6.07) is 52.1. The van der Waals surface area contributed by atoms with Crippen LogP contribution in [-0.4, -0.2) is 31.5 Å². The third-order valence-electron chi connectivity index (χ3n) is 9.75. The molecule has 6 nitrogen and oxygen atoms in total. The van der Waals surface area contributed by atoms with E-state index in [-0.39, 0.29) is 24.9 Å². The Bertz CT molecular complexity index is 1990. The molecule has 1 N–H and O–H groups in total. The summed E-state index contributed by atoms with van der Waals surface area (Å²) in [6.07, 6.45) is 1.33. The van der Waals surface area contributed by atoms with Crippen LogP contribution in [0.15, 0.2) is 146 Å². The maximum absolute atomic E-state index is 9.42. The molecule has 3 saturated heterocycles. The maximum atomic E-state index is 9.42. The lowest BCUT2D eigenvalue weighted by atomic mass is 10.0. The molecule has 9 rings (SSSR count). The molecule has 3 unspecified atom stereocenters. The first kappa shape index (κ1) is 30.8. The van der Waals surface area contributed by atoms with Gasteiger partial charge in [0.1, 0.15) is 18.3 Å². The van der Waals surface area contributed by atoms with Crippen molar-refractivity contribution in [3.05, 3.63) is 168 Å². The van der Waals surface area contributed by atoms with Gasteiger partial charge >= 0.3 is 0 Å². The van der Waals surface area contributed by atoms with Gasteiger partial charge in [0.15, 0.2) is 0 Å². The molecule has 3 aliphatic heterocycles. The molecule has 248 valence electrons. The van der Waals surface area contributed by atoms with Gasteiger partial charge in [-0.25, -0.2) is 0 Å². The molecule has 6 heteroatoms. The smallest absolute Gasteiger partial charge is 0.106 e. The van der Waals surface area contributed by atoms with E-state index in [2.05, 4.69) is 155 Å². The number of epoxide rings is 3. The molecule has 50 heavy (non-hydrogen) atoms. The molecular formula is C44H38N2O4. The van der Waals surface area contributed by atoms with Crippen LogP contribution in [0.2, 0.25) is 0 Å². The number of rotatable bonds is 12. The highest BCUT2D eigenvalue weighted by molar-refractivity contribution is 5.81. The van der Waals surface area contributed by atoms with Gasteiger partial charge in [-0.1, -0.05) is 72.8 Å². The highest BCUT2D eigenvalue weighted by Crippen LogP contribution is 2.41. The fourth-order valence-corrected chi connectivity index (χ4v) is 6.68. The van der Waals surface area contributed by atoms with E-state index in [4.69, 9.17) is 14.2 Å². The fourth-order valence-electron chi connectivity index (χ4n) is 6.68. The summed E-state index contributed by atoms with van der Waals surface area (Å²) >= 11 is 0.